The Morgan fingerprint density at radius 1 is 1.36 bits per heavy atom. The summed E-state index contributed by atoms with van der Waals surface area (Å²) in [5.41, 5.74) is 10.4. The fraction of sp³-hybridized carbons (Fsp3) is 0.778. The summed E-state index contributed by atoms with van der Waals surface area (Å²) < 4.78 is 0. The Balaban J connectivity index is 2.27. The fourth-order valence-electron chi connectivity index (χ4n) is 1.55. The molecule has 1 saturated heterocycles. The Kier molecular flexibility index (Phi) is 3.88. The molecule has 1 fully saturated rings. The van der Waals surface area contributed by atoms with Gasteiger partial charge in [0.15, 0.2) is 0 Å². The number of likely N-dealkylation sites (tertiary alicyclic amines) is 1. The SMILES string of the molecule is NCCCCC(=O)N1CCC1C(N)=O. The van der Waals surface area contributed by atoms with E-state index in [2.05, 4.69) is 0 Å². The summed E-state index contributed by atoms with van der Waals surface area (Å²) in [6.45, 7) is 1.27. The first kappa shape index (κ1) is 11.0. The summed E-state index contributed by atoms with van der Waals surface area (Å²) in [5.74, 6) is -0.378. The van der Waals surface area contributed by atoms with Gasteiger partial charge < -0.3 is 16.4 Å². The Hall–Kier alpha value is -1.10. The zero-order valence-electron chi connectivity index (χ0n) is 8.24. The summed E-state index contributed by atoms with van der Waals surface area (Å²) in [6.07, 6.45) is 2.82. The van der Waals surface area contributed by atoms with E-state index in [1.807, 2.05) is 0 Å². The second-order valence-corrected chi connectivity index (χ2v) is 3.54. The van der Waals surface area contributed by atoms with Gasteiger partial charge in [0, 0.05) is 13.0 Å². The van der Waals surface area contributed by atoms with Gasteiger partial charge in [0.2, 0.25) is 11.8 Å². The van der Waals surface area contributed by atoms with Gasteiger partial charge >= 0.3 is 0 Å². The molecule has 1 rings (SSSR count). The van der Waals surface area contributed by atoms with Crippen LogP contribution in [0, 0.1) is 0 Å². The number of carbonyl (C=O) groups is 2. The molecule has 1 heterocycles. The third-order valence-electron chi connectivity index (χ3n) is 2.51. The molecule has 0 aromatic rings. The summed E-state index contributed by atoms with van der Waals surface area (Å²) in [6, 6.07) is -0.361. The number of carbonyl (C=O) groups excluding carboxylic acids is 2. The predicted octanol–water partition coefficient (Wildman–Crippen LogP) is -0.798. The highest BCUT2D eigenvalue weighted by molar-refractivity contribution is 5.88. The van der Waals surface area contributed by atoms with Gasteiger partial charge in [0.25, 0.3) is 0 Å². The maximum atomic E-state index is 11.5. The van der Waals surface area contributed by atoms with Gasteiger partial charge in [0.1, 0.15) is 6.04 Å². The van der Waals surface area contributed by atoms with E-state index in [-0.39, 0.29) is 11.9 Å². The van der Waals surface area contributed by atoms with Crippen LogP contribution in [0.1, 0.15) is 25.7 Å². The molecule has 14 heavy (non-hydrogen) atoms. The minimum Gasteiger partial charge on any atom is -0.368 e. The first-order valence-corrected chi connectivity index (χ1v) is 4.95. The molecular formula is C9H17N3O2. The van der Waals surface area contributed by atoms with Crippen LogP contribution in [0.15, 0.2) is 0 Å². The molecule has 4 N–H and O–H groups in total. The summed E-state index contributed by atoms with van der Waals surface area (Å²) in [5, 5.41) is 0. The Bertz CT molecular complexity index is 230. The Morgan fingerprint density at radius 3 is 2.50 bits per heavy atom. The number of nitrogens with two attached hydrogens (primary N) is 2. The van der Waals surface area contributed by atoms with Gasteiger partial charge in [-0.1, -0.05) is 0 Å². The molecule has 0 aromatic heterocycles. The number of rotatable bonds is 5. The van der Waals surface area contributed by atoms with Crippen LogP contribution in [-0.4, -0.2) is 35.8 Å². The lowest BCUT2D eigenvalue weighted by atomic mass is 10.0. The van der Waals surface area contributed by atoms with Gasteiger partial charge in [-0.05, 0) is 25.8 Å². The van der Waals surface area contributed by atoms with E-state index in [1.54, 1.807) is 4.90 Å². The van der Waals surface area contributed by atoms with Crippen molar-refractivity contribution in [2.45, 2.75) is 31.7 Å². The molecule has 0 aliphatic carbocycles. The molecule has 0 aromatic carbocycles. The van der Waals surface area contributed by atoms with Crippen LogP contribution in [0.4, 0.5) is 0 Å². The average Bonchev–Trinajstić information content (AvgIpc) is 2.01. The van der Waals surface area contributed by atoms with E-state index in [1.165, 1.54) is 0 Å². The van der Waals surface area contributed by atoms with Crippen LogP contribution in [0.2, 0.25) is 0 Å². The van der Waals surface area contributed by atoms with Crippen LogP contribution in [-0.2, 0) is 9.59 Å². The molecule has 80 valence electrons. The number of hydrogen-bond acceptors (Lipinski definition) is 3. The van der Waals surface area contributed by atoms with Gasteiger partial charge in [0.05, 0.1) is 0 Å². The van der Waals surface area contributed by atoms with Crippen LogP contribution in [0.5, 0.6) is 0 Å². The van der Waals surface area contributed by atoms with Crippen molar-refractivity contribution in [1.82, 2.24) is 4.90 Å². The summed E-state index contributed by atoms with van der Waals surface area (Å²) in [4.78, 5) is 23.9. The van der Waals surface area contributed by atoms with Gasteiger partial charge in [-0.25, -0.2) is 0 Å². The van der Waals surface area contributed by atoms with Gasteiger partial charge in [-0.2, -0.15) is 0 Å². The highest BCUT2D eigenvalue weighted by atomic mass is 16.2. The third kappa shape index (κ3) is 2.45. The van der Waals surface area contributed by atoms with E-state index in [0.29, 0.717) is 25.9 Å². The third-order valence-corrected chi connectivity index (χ3v) is 2.51. The van der Waals surface area contributed by atoms with Crippen molar-refractivity contribution < 1.29 is 9.59 Å². The second kappa shape index (κ2) is 4.95. The minimum atomic E-state index is -0.400. The molecule has 1 aliphatic rings. The van der Waals surface area contributed by atoms with Crippen LogP contribution in [0.25, 0.3) is 0 Å². The molecule has 0 saturated carbocycles. The number of primary amides is 1. The lowest BCUT2D eigenvalue weighted by Gasteiger charge is -2.38. The lowest BCUT2D eigenvalue weighted by molar-refractivity contribution is -0.146. The van der Waals surface area contributed by atoms with E-state index in [4.69, 9.17) is 11.5 Å². The van der Waals surface area contributed by atoms with E-state index in [0.717, 1.165) is 12.8 Å². The number of unbranched alkanes of at least 4 members (excludes halogenated alkanes) is 1. The second-order valence-electron chi connectivity index (χ2n) is 3.54. The van der Waals surface area contributed by atoms with Crippen molar-refractivity contribution >= 4 is 11.8 Å². The zero-order chi connectivity index (χ0) is 10.6. The van der Waals surface area contributed by atoms with Gasteiger partial charge in [-0.15, -0.1) is 0 Å². The first-order valence-electron chi connectivity index (χ1n) is 4.95. The Morgan fingerprint density at radius 2 is 2.07 bits per heavy atom. The molecule has 1 atom stereocenters. The normalized spacial score (nSPS) is 20.4. The Labute approximate surface area is 83.4 Å². The largest absolute Gasteiger partial charge is 0.368 e. The first-order chi connectivity index (χ1) is 6.66. The van der Waals surface area contributed by atoms with Crippen molar-refractivity contribution in [2.24, 2.45) is 11.5 Å². The summed E-state index contributed by atoms with van der Waals surface area (Å²) >= 11 is 0. The molecule has 0 radical (unpaired) electrons. The maximum Gasteiger partial charge on any atom is 0.240 e. The standard InChI is InChI=1S/C9H17N3O2/c10-5-2-1-3-8(13)12-6-4-7(12)9(11)14/h7H,1-6,10H2,(H2,11,14). The van der Waals surface area contributed by atoms with Crippen molar-refractivity contribution in [2.75, 3.05) is 13.1 Å². The predicted molar refractivity (Wildman–Crippen MR) is 52.2 cm³/mol. The van der Waals surface area contributed by atoms with Crippen molar-refractivity contribution in [3.05, 3.63) is 0 Å². The van der Waals surface area contributed by atoms with Crippen LogP contribution < -0.4 is 11.5 Å². The number of nitrogens with zero attached hydrogens (tertiary/aromatic N) is 1. The van der Waals surface area contributed by atoms with Crippen molar-refractivity contribution in [3.8, 4) is 0 Å². The fourth-order valence-corrected chi connectivity index (χ4v) is 1.55. The molecule has 2 amide bonds. The average molecular weight is 199 g/mol. The van der Waals surface area contributed by atoms with Gasteiger partial charge in [-0.3, -0.25) is 9.59 Å². The van der Waals surface area contributed by atoms with Crippen molar-refractivity contribution in [1.29, 1.82) is 0 Å². The molecule has 0 bridgehead atoms. The quantitative estimate of drug-likeness (QED) is 0.568. The minimum absolute atomic E-state index is 0.0218. The highest BCUT2D eigenvalue weighted by Gasteiger charge is 2.35. The lowest BCUT2D eigenvalue weighted by Crippen LogP contribution is -2.57. The maximum absolute atomic E-state index is 11.5. The van der Waals surface area contributed by atoms with E-state index < -0.39 is 5.91 Å². The van der Waals surface area contributed by atoms with E-state index >= 15 is 0 Å². The number of hydrogen-bond donors (Lipinski definition) is 2. The monoisotopic (exact) mass is 199 g/mol. The van der Waals surface area contributed by atoms with Crippen LogP contribution in [0.3, 0.4) is 0 Å². The molecule has 0 spiro atoms. The topological polar surface area (TPSA) is 89.4 Å². The molecule has 5 heteroatoms. The molecular weight excluding hydrogens is 182 g/mol. The zero-order valence-corrected chi connectivity index (χ0v) is 8.24. The van der Waals surface area contributed by atoms with Crippen LogP contribution >= 0.6 is 0 Å². The molecule has 1 aliphatic heterocycles. The molecule has 5 nitrogen and oxygen atoms in total. The summed E-state index contributed by atoms with van der Waals surface area (Å²) in [7, 11) is 0. The molecule has 1 unspecified atom stereocenters. The smallest absolute Gasteiger partial charge is 0.240 e. The number of amides is 2. The van der Waals surface area contributed by atoms with Crippen molar-refractivity contribution in [3.63, 3.8) is 0 Å². The highest BCUT2D eigenvalue weighted by Crippen LogP contribution is 2.18. The van der Waals surface area contributed by atoms with E-state index in [9.17, 15) is 9.59 Å².